The quantitative estimate of drug-likeness (QED) is 0.667. The molecule has 16 heavy (non-hydrogen) atoms. The third kappa shape index (κ3) is 2.98. The zero-order valence-electron chi connectivity index (χ0n) is 10.3. The van der Waals surface area contributed by atoms with E-state index in [1.165, 1.54) is 57.8 Å². The van der Waals surface area contributed by atoms with Gasteiger partial charge in [-0.3, -0.25) is 4.90 Å². The number of nitrogens with zero attached hydrogens (tertiary/aromatic N) is 2. The van der Waals surface area contributed by atoms with Crippen LogP contribution in [0.15, 0.2) is 0 Å². The van der Waals surface area contributed by atoms with Crippen molar-refractivity contribution in [2.24, 2.45) is 5.92 Å². The van der Waals surface area contributed by atoms with Crippen molar-refractivity contribution >= 4 is 0 Å². The highest BCUT2D eigenvalue weighted by Gasteiger charge is 2.28. The van der Waals surface area contributed by atoms with Crippen LogP contribution >= 0.6 is 0 Å². The number of hydrogen-bond acceptors (Lipinski definition) is 2. The van der Waals surface area contributed by atoms with Crippen molar-refractivity contribution in [1.82, 2.24) is 4.90 Å². The molecule has 1 saturated carbocycles. The van der Waals surface area contributed by atoms with Crippen molar-refractivity contribution < 1.29 is 0 Å². The number of piperidine rings is 1. The summed E-state index contributed by atoms with van der Waals surface area (Å²) in [6, 6.07) is 2.82. The summed E-state index contributed by atoms with van der Waals surface area (Å²) in [5.41, 5.74) is 0. The lowest BCUT2D eigenvalue weighted by atomic mass is 9.90. The summed E-state index contributed by atoms with van der Waals surface area (Å²) in [4.78, 5) is 2.46. The minimum atomic E-state index is 0.221. The molecule has 1 aliphatic heterocycles. The average molecular weight is 220 g/mol. The predicted molar refractivity (Wildman–Crippen MR) is 66.0 cm³/mol. The Kier molecular flexibility index (Phi) is 4.66. The van der Waals surface area contributed by atoms with E-state index in [2.05, 4.69) is 11.0 Å². The number of likely N-dealkylation sites (tertiary alicyclic amines) is 1. The minimum absolute atomic E-state index is 0.221. The fourth-order valence-corrected chi connectivity index (χ4v) is 3.31. The third-order valence-corrected chi connectivity index (χ3v) is 4.26. The van der Waals surface area contributed by atoms with Gasteiger partial charge >= 0.3 is 0 Å². The van der Waals surface area contributed by atoms with Gasteiger partial charge in [0.2, 0.25) is 0 Å². The highest BCUT2D eigenvalue weighted by molar-refractivity contribution is 4.97. The van der Waals surface area contributed by atoms with Crippen LogP contribution in [0, 0.1) is 17.2 Å². The predicted octanol–water partition coefficient (Wildman–Crippen LogP) is 3.33. The highest BCUT2D eigenvalue weighted by Crippen LogP contribution is 2.29. The molecule has 0 N–H and O–H groups in total. The van der Waals surface area contributed by atoms with Crippen LogP contribution < -0.4 is 0 Å². The van der Waals surface area contributed by atoms with Crippen LogP contribution in [0.2, 0.25) is 0 Å². The second-order valence-electron chi connectivity index (χ2n) is 5.42. The molecule has 0 aromatic carbocycles. The molecule has 0 aromatic rings. The minimum Gasteiger partial charge on any atom is -0.288 e. The molecule has 1 unspecified atom stereocenters. The number of rotatable bonds is 2. The zero-order valence-corrected chi connectivity index (χ0v) is 10.3. The molecule has 0 spiro atoms. The molecule has 0 radical (unpaired) electrons. The van der Waals surface area contributed by atoms with Crippen molar-refractivity contribution in [1.29, 1.82) is 5.26 Å². The van der Waals surface area contributed by atoms with Crippen LogP contribution in [0.3, 0.4) is 0 Å². The average Bonchev–Trinajstić information content (AvgIpc) is 2.61. The summed E-state index contributed by atoms with van der Waals surface area (Å²) in [7, 11) is 0. The van der Waals surface area contributed by atoms with E-state index in [0.717, 1.165) is 13.1 Å². The SMILES string of the molecule is N#CC(C1CCCCCC1)N1CCCCC1. The van der Waals surface area contributed by atoms with Crippen LogP contribution in [0.1, 0.15) is 57.8 Å². The van der Waals surface area contributed by atoms with Crippen LogP contribution in [-0.4, -0.2) is 24.0 Å². The van der Waals surface area contributed by atoms with Gasteiger partial charge in [-0.25, -0.2) is 0 Å². The van der Waals surface area contributed by atoms with Gasteiger partial charge in [0.25, 0.3) is 0 Å². The van der Waals surface area contributed by atoms with E-state index < -0.39 is 0 Å². The van der Waals surface area contributed by atoms with Crippen molar-refractivity contribution in [3.05, 3.63) is 0 Å². The van der Waals surface area contributed by atoms with Gasteiger partial charge in [0, 0.05) is 0 Å². The largest absolute Gasteiger partial charge is 0.288 e. The lowest BCUT2D eigenvalue weighted by molar-refractivity contribution is 0.143. The molecular formula is C14H24N2. The second-order valence-corrected chi connectivity index (χ2v) is 5.42. The van der Waals surface area contributed by atoms with Crippen LogP contribution in [0.5, 0.6) is 0 Å². The van der Waals surface area contributed by atoms with Crippen LogP contribution in [-0.2, 0) is 0 Å². The highest BCUT2D eigenvalue weighted by atomic mass is 15.2. The molecule has 0 aromatic heterocycles. The van der Waals surface area contributed by atoms with Crippen molar-refractivity contribution in [2.45, 2.75) is 63.8 Å². The van der Waals surface area contributed by atoms with Crippen LogP contribution in [0.4, 0.5) is 0 Å². The Labute approximate surface area is 99.6 Å². The molecule has 1 heterocycles. The van der Waals surface area contributed by atoms with Crippen molar-refractivity contribution in [3.63, 3.8) is 0 Å². The van der Waals surface area contributed by atoms with Gasteiger partial charge < -0.3 is 0 Å². The maximum absolute atomic E-state index is 9.43. The van der Waals surface area contributed by atoms with E-state index in [-0.39, 0.29) is 6.04 Å². The monoisotopic (exact) mass is 220 g/mol. The van der Waals surface area contributed by atoms with Gasteiger partial charge in [0.1, 0.15) is 6.04 Å². The molecule has 2 heteroatoms. The van der Waals surface area contributed by atoms with Crippen molar-refractivity contribution in [2.75, 3.05) is 13.1 Å². The molecular weight excluding hydrogens is 196 g/mol. The van der Waals surface area contributed by atoms with Gasteiger partial charge in [-0.2, -0.15) is 5.26 Å². The summed E-state index contributed by atoms with van der Waals surface area (Å²) < 4.78 is 0. The van der Waals surface area contributed by atoms with Crippen LogP contribution in [0.25, 0.3) is 0 Å². The van der Waals surface area contributed by atoms with Crippen molar-refractivity contribution in [3.8, 4) is 6.07 Å². The first-order chi connectivity index (χ1) is 7.92. The normalized spacial score (nSPS) is 26.9. The first-order valence-corrected chi connectivity index (χ1v) is 7.05. The Hall–Kier alpha value is -0.550. The summed E-state index contributed by atoms with van der Waals surface area (Å²) in [5.74, 6) is 0.658. The summed E-state index contributed by atoms with van der Waals surface area (Å²) in [6.07, 6.45) is 12.0. The Morgan fingerprint density at radius 2 is 1.44 bits per heavy atom. The molecule has 2 rings (SSSR count). The molecule has 2 fully saturated rings. The molecule has 1 atom stereocenters. The summed E-state index contributed by atoms with van der Waals surface area (Å²) in [6.45, 7) is 2.32. The van der Waals surface area contributed by atoms with E-state index >= 15 is 0 Å². The molecule has 0 bridgehead atoms. The maximum atomic E-state index is 9.43. The smallest absolute Gasteiger partial charge is 0.101 e. The van der Waals surface area contributed by atoms with E-state index in [1.54, 1.807) is 0 Å². The van der Waals surface area contributed by atoms with E-state index in [0.29, 0.717) is 5.92 Å². The van der Waals surface area contributed by atoms with E-state index in [1.807, 2.05) is 0 Å². The van der Waals surface area contributed by atoms with Gasteiger partial charge in [0.15, 0.2) is 0 Å². The molecule has 1 aliphatic carbocycles. The summed E-state index contributed by atoms with van der Waals surface area (Å²) in [5, 5.41) is 9.43. The standard InChI is InChI=1S/C14H24N2/c15-12-14(16-10-6-3-7-11-16)13-8-4-1-2-5-9-13/h13-14H,1-11H2. The topological polar surface area (TPSA) is 27.0 Å². The fourth-order valence-electron chi connectivity index (χ4n) is 3.31. The lowest BCUT2D eigenvalue weighted by Crippen LogP contribution is -2.42. The van der Waals surface area contributed by atoms with E-state index in [4.69, 9.17) is 0 Å². The zero-order chi connectivity index (χ0) is 11.2. The van der Waals surface area contributed by atoms with Gasteiger partial charge in [0.05, 0.1) is 6.07 Å². The number of nitriles is 1. The lowest BCUT2D eigenvalue weighted by Gasteiger charge is -2.34. The molecule has 90 valence electrons. The third-order valence-electron chi connectivity index (χ3n) is 4.26. The van der Waals surface area contributed by atoms with Gasteiger partial charge in [-0.05, 0) is 44.7 Å². The second kappa shape index (κ2) is 6.25. The summed E-state index contributed by atoms with van der Waals surface area (Å²) >= 11 is 0. The molecule has 0 amide bonds. The Balaban J connectivity index is 1.94. The van der Waals surface area contributed by atoms with Gasteiger partial charge in [-0.1, -0.05) is 32.1 Å². The fraction of sp³-hybridized carbons (Fsp3) is 0.929. The van der Waals surface area contributed by atoms with Gasteiger partial charge in [-0.15, -0.1) is 0 Å². The Morgan fingerprint density at radius 1 is 0.875 bits per heavy atom. The first kappa shape index (κ1) is 11.9. The number of hydrogen-bond donors (Lipinski definition) is 0. The molecule has 2 aliphatic rings. The Bertz CT molecular complexity index is 230. The van der Waals surface area contributed by atoms with E-state index in [9.17, 15) is 5.26 Å². The molecule has 2 nitrogen and oxygen atoms in total. The first-order valence-electron chi connectivity index (χ1n) is 7.05. The molecule has 1 saturated heterocycles. The maximum Gasteiger partial charge on any atom is 0.101 e. The Morgan fingerprint density at radius 3 is 2.00 bits per heavy atom.